The zero-order chi connectivity index (χ0) is 12.5. The first-order valence-corrected chi connectivity index (χ1v) is 6.58. The monoisotopic (exact) mass is 242 g/mol. The van der Waals surface area contributed by atoms with Gasteiger partial charge in [0.25, 0.3) is 0 Å². The van der Waals surface area contributed by atoms with E-state index in [4.69, 9.17) is 0 Å². The van der Waals surface area contributed by atoms with Crippen molar-refractivity contribution in [3.63, 3.8) is 0 Å². The molecule has 1 aromatic heterocycles. The van der Waals surface area contributed by atoms with Crippen molar-refractivity contribution in [2.45, 2.75) is 38.3 Å². The molecule has 94 valence electrons. The summed E-state index contributed by atoms with van der Waals surface area (Å²) >= 11 is 0. The highest BCUT2D eigenvalue weighted by Gasteiger charge is 2.23. The van der Waals surface area contributed by atoms with Crippen LogP contribution < -0.4 is 0 Å². The highest BCUT2D eigenvalue weighted by Crippen LogP contribution is 2.40. The average Bonchev–Trinajstić information content (AvgIpc) is 3.16. The minimum atomic E-state index is -0.571. The van der Waals surface area contributed by atoms with Gasteiger partial charge in [-0.1, -0.05) is 24.3 Å². The predicted octanol–water partition coefficient (Wildman–Crippen LogP) is 2.86. The van der Waals surface area contributed by atoms with Gasteiger partial charge in [-0.15, -0.1) is 0 Å². The van der Waals surface area contributed by atoms with E-state index in [2.05, 4.69) is 17.2 Å². The maximum Gasteiger partial charge on any atom is 0.107 e. The van der Waals surface area contributed by atoms with Crippen LogP contribution in [0.1, 0.15) is 48.5 Å². The molecule has 1 aromatic carbocycles. The number of hydrogen-bond acceptors (Lipinski definition) is 2. The maximum atomic E-state index is 10.3. The van der Waals surface area contributed by atoms with E-state index in [0.29, 0.717) is 0 Å². The van der Waals surface area contributed by atoms with Gasteiger partial charge < -0.3 is 5.11 Å². The third-order valence-corrected chi connectivity index (χ3v) is 3.59. The van der Waals surface area contributed by atoms with Crippen molar-refractivity contribution in [2.24, 2.45) is 0 Å². The summed E-state index contributed by atoms with van der Waals surface area (Å²) in [4.78, 5) is 0. The molecular weight excluding hydrogens is 224 g/mol. The molecule has 0 saturated heterocycles. The van der Waals surface area contributed by atoms with E-state index in [1.807, 2.05) is 29.9 Å². The SMILES string of the molecule is CCn1cc(C(O)c2ccc(C3CC3)cc2)cn1. The Morgan fingerprint density at radius 1 is 1.28 bits per heavy atom. The van der Waals surface area contributed by atoms with Crippen molar-refractivity contribution in [2.75, 3.05) is 0 Å². The minimum Gasteiger partial charge on any atom is -0.384 e. The average molecular weight is 242 g/mol. The quantitative estimate of drug-likeness (QED) is 0.895. The molecule has 0 aliphatic heterocycles. The first kappa shape index (κ1) is 11.5. The molecule has 3 heteroatoms. The highest BCUT2D eigenvalue weighted by atomic mass is 16.3. The van der Waals surface area contributed by atoms with E-state index in [1.54, 1.807) is 6.20 Å². The molecule has 1 unspecified atom stereocenters. The Morgan fingerprint density at radius 2 is 2.00 bits per heavy atom. The smallest absolute Gasteiger partial charge is 0.107 e. The molecule has 1 fully saturated rings. The van der Waals surface area contributed by atoms with Crippen LogP contribution in [0.15, 0.2) is 36.7 Å². The molecule has 1 aliphatic carbocycles. The van der Waals surface area contributed by atoms with Crippen LogP contribution in [0.5, 0.6) is 0 Å². The maximum absolute atomic E-state index is 10.3. The van der Waals surface area contributed by atoms with Gasteiger partial charge in [0.15, 0.2) is 0 Å². The Bertz CT molecular complexity index is 526. The van der Waals surface area contributed by atoms with Crippen molar-refractivity contribution in [1.82, 2.24) is 9.78 Å². The number of nitrogens with zero attached hydrogens (tertiary/aromatic N) is 2. The number of aliphatic hydroxyl groups excluding tert-OH is 1. The fourth-order valence-electron chi connectivity index (χ4n) is 2.25. The number of hydrogen-bond donors (Lipinski definition) is 1. The lowest BCUT2D eigenvalue weighted by molar-refractivity contribution is 0.220. The molecular formula is C15H18N2O. The molecule has 1 atom stereocenters. The van der Waals surface area contributed by atoms with Gasteiger partial charge in [0, 0.05) is 18.3 Å². The Morgan fingerprint density at radius 3 is 2.56 bits per heavy atom. The topological polar surface area (TPSA) is 38.0 Å². The van der Waals surface area contributed by atoms with Gasteiger partial charge in [-0.25, -0.2) is 0 Å². The molecule has 3 nitrogen and oxygen atoms in total. The Balaban J connectivity index is 1.80. The second kappa shape index (κ2) is 4.58. The zero-order valence-electron chi connectivity index (χ0n) is 10.6. The Kier molecular flexibility index (Phi) is 2.92. The van der Waals surface area contributed by atoms with Crippen LogP contribution in [0.25, 0.3) is 0 Å². The fraction of sp³-hybridized carbons (Fsp3) is 0.400. The van der Waals surface area contributed by atoms with Crippen LogP contribution in [0.2, 0.25) is 0 Å². The lowest BCUT2D eigenvalue weighted by Crippen LogP contribution is -1.99. The molecule has 1 aliphatic rings. The zero-order valence-corrected chi connectivity index (χ0v) is 10.6. The lowest BCUT2D eigenvalue weighted by atomic mass is 10.0. The summed E-state index contributed by atoms with van der Waals surface area (Å²) in [6.45, 7) is 2.86. The number of aryl methyl sites for hydroxylation is 1. The van der Waals surface area contributed by atoms with Crippen molar-refractivity contribution in [1.29, 1.82) is 0 Å². The third-order valence-electron chi connectivity index (χ3n) is 3.59. The summed E-state index contributed by atoms with van der Waals surface area (Å²) in [5, 5.41) is 14.5. The highest BCUT2D eigenvalue weighted by molar-refractivity contribution is 5.32. The Hall–Kier alpha value is -1.61. The van der Waals surface area contributed by atoms with E-state index < -0.39 is 6.10 Å². The summed E-state index contributed by atoms with van der Waals surface area (Å²) in [6, 6.07) is 8.34. The van der Waals surface area contributed by atoms with Gasteiger partial charge in [0.05, 0.1) is 6.20 Å². The largest absolute Gasteiger partial charge is 0.384 e. The summed E-state index contributed by atoms with van der Waals surface area (Å²) < 4.78 is 1.83. The first-order valence-electron chi connectivity index (χ1n) is 6.58. The predicted molar refractivity (Wildman–Crippen MR) is 70.4 cm³/mol. The van der Waals surface area contributed by atoms with Gasteiger partial charge in [-0.05, 0) is 36.8 Å². The second-order valence-electron chi connectivity index (χ2n) is 4.97. The Labute approximate surface area is 107 Å². The first-order chi connectivity index (χ1) is 8.78. The molecule has 0 radical (unpaired) electrons. The number of aliphatic hydroxyl groups is 1. The number of rotatable bonds is 4. The second-order valence-corrected chi connectivity index (χ2v) is 4.97. The molecule has 18 heavy (non-hydrogen) atoms. The van der Waals surface area contributed by atoms with E-state index in [9.17, 15) is 5.11 Å². The van der Waals surface area contributed by atoms with Gasteiger partial charge >= 0.3 is 0 Å². The van der Waals surface area contributed by atoms with E-state index in [0.717, 1.165) is 23.6 Å². The van der Waals surface area contributed by atoms with E-state index in [-0.39, 0.29) is 0 Å². The van der Waals surface area contributed by atoms with Crippen LogP contribution in [0, 0.1) is 0 Å². The van der Waals surface area contributed by atoms with Crippen molar-refractivity contribution in [3.05, 3.63) is 53.3 Å². The fourth-order valence-corrected chi connectivity index (χ4v) is 2.25. The van der Waals surface area contributed by atoms with Crippen LogP contribution in [-0.4, -0.2) is 14.9 Å². The van der Waals surface area contributed by atoms with Crippen LogP contribution in [0.3, 0.4) is 0 Å². The molecule has 3 rings (SSSR count). The number of benzene rings is 1. The van der Waals surface area contributed by atoms with Crippen molar-refractivity contribution in [3.8, 4) is 0 Å². The van der Waals surface area contributed by atoms with Gasteiger partial charge in [-0.2, -0.15) is 5.10 Å². The lowest BCUT2D eigenvalue weighted by Gasteiger charge is -2.09. The van der Waals surface area contributed by atoms with Crippen molar-refractivity contribution >= 4 is 0 Å². The normalized spacial score (nSPS) is 16.8. The van der Waals surface area contributed by atoms with Gasteiger partial charge in [0.1, 0.15) is 6.10 Å². The summed E-state index contributed by atoms with van der Waals surface area (Å²) in [6.07, 6.45) is 5.69. The summed E-state index contributed by atoms with van der Waals surface area (Å²) in [5.74, 6) is 0.763. The van der Waals surface area contributed by atoms with Crippen molar-refractivity contribution < 1.29 is 5.11 Å². The van der Waals surface area contributed by atoms with Gasteiger partial charge in [-0.3, -0.25) is 4.68 Å². The van der Waals surface area contributed by atoms with E-state index in [1.165, 1.54) is 18.4 Å². The van der Waals surface area contributed by atoms with Crippen LogP contribution in [-0.2, 0) is 6.54 Å². The standard InChI is InChI=1S/C15H18N2O/c1-2-17-10-14(9-16-17)15(18)13-7-5-12(6-8-13)11-3-4-11/h5-11,15,18H,2-4H2,1H3. The molecule has 0 bridgehead atoms. The van der Waals surface area contributed by atoms with Gasteiger partial charge in [0.2, 0.25) is 0 Å². The molecule has 1 saturated carbocycles. The molecule has 1 heterocycles. The molecule has 1 N–H and O–H groups in total. The number of aromatic nitrogens is 2. The molecule has 0 amide bonds. The minimum absolute atomic E-state index is 0.571. The van der Waals surface area contributed by atoms with Crippen LogP contribution >= 0.6 is 0 Å². The molecule has 0 spiro atoms. The molecule has 2 aromatic rings. The third kappa shape index (κ3) is 2.18. The summed E-state index contributed by atoms with van der Waals surface area (Å²) in [7, 11) is 0. The van der Waals surface area contributed by atoms with Crippen LogP contribution in [0.4, 0.5) is 0 Å². The summed E-state index contributed by atoms with van der Waals surface area (Å²) in [5.41, 5.74) is 3.20. The van der Waals surface area contributed by atoms with E-state index >= 15 is 0 Å².